The molecule has 2 aliphatic rings. The smallest absolute Gasteiger partial charge is 0.261 e. The number of hydrogen-bond acceptors (Lipinski definition) is 2. The van der Waals surface area contributed by atoms with E-state index in [2.05, 4.69) is 81.4 Å². The fourth-order valence-electron chi connectivity index (χ4n) is 4.57. The van der Waals surface area contributed by atoms with Gasteiger partial charge in [-0.2, -0.15) is 0 Å². The Kier molecular flexibility index (Phi) is 4.58. The molecule has 0 aromatic heterocycles. The molecule has 4 rings (SSSR count). The van der Waals surface area contributed by atoms with E-state index in [0.29, 0.717) is 6.10 Å². The van der Waals surface area contributed by atoms with Gasteiger partial charge in [-0.25, -0.2) is 0 Å². The van der Waals surface area contributed by atoms with E-state index in [-0.39, 0.29) is 10.6 Å². The fourth-order valence-corrected chi connectivity index (χ4v) is 9.32. The van der Waals surface area contributed by atoms with E-state index < -0.39 is 8.32 Å². The number of ether oxygens (including phenoxy) is 1. The predicted octanol–water partition coefficient (Wildman–Crippen LogP) is 4.27. The molecule has 2 aromatic carbocycles. The first kappa shape index (κ1) is 18.0. The minimum Gasteiger partial charge on any atom is -0.404 e. The molecule has 0 amide bonds. The molecule has 1 aliphatic carbocycles. The van der Waals surface area contributed by atoms with E-state index in [1.54, 1.807) is 0 Å². The standard InChI is InChI=1S/C23H30O2Si/c1-22(2,3)26(20-10-6-4-7-11-20,21-12-8-5-9-13-21)25-19-14-16-23(17-15-19)18-24-23/h4-13,19H,14-18H2,1-3H3/t19-,23+. The molecular formula is C23H30O2Si. The maximum Gasteiger partial charge on any atom is 0.261 e. The van der Waals surface area contributed by atoms with Gasteiger partial charge in [-0.15, -0.1) is 0 Å². The molecule has 1 saturated carbocycles. The van der Waals surface area contributed by atoms with Crippen molar-refractivity contribution < 1.29 is 9.16 Å². The highest BCUT2D eigenvalue weighted by molar-refractivity contribution is 6.99. The summed E-state index contributed by atoms with van der Waals surface area (Å²) in [5.41, 5.74) is 0.214. The quantitative estimate of drug-likeness (QED) is 0.595. The Morgan fingerprint density at radius 1 is 0.885 bits per heavy atom. The normalized spacial score (nSPS) is 26.0. The van der Waals surface area contributed by atoms with Gasteiger partial charge in [0.1, 0.15) is 0 Å². The summed E-state index contributed by atoms with van der Waals surface area (Å²) in [6.45, 7) is 8.02. The third kappa shape index (κ3) is 3.17. The van der Waals surface area contributed by atoms with E-state index in [9.17, 15) is 0 Å². The highest BCUT2D eigenvalue weighted by Crippen LogP contribution is 2.45. The van der Waals surface area contributed by atoms with Crippen molar-refractivity contribution in [3.63, 3.8) is 0 Å². The summed E-state index contributed by atoms with van der Waals surface area (Å²) < 4.78 is 12.9. The van der Waals surface area contributed by atoms with Crippen LogP contribution in [0.25, 0.3) is 0 Å². The van der Waals surface area contributed by atoms with Crippen LogP contribution in [-0.4, -0.2) is 26.6 Å². The third-order valence-electron chi connectivity index (χ3n) is 6.16. The van der Waals surface area contributed by atoms with Crippen LogP contribution in [0.2, 0.25) is 5.04 Å². The third-order valence-corrected chi connectivity index (χ3v) is 11.2. The maximum absolute atomic E-state index is 7.22. The Morgan fingerprint density at radius 3 is 1.73 bits per heavy atom. The molecule has 138 valence electrons. The van der Waals surface area contributed by atoms with Crippen LogP contribution >= 0.6 is 0 Å². The number of rotatable bonds is 4. The van der Waals surface area contributed by atoms with Crippen molar-refractivity contribution in [2.45, 2.75) is 63.2 Å². The van der Waals surface area contributed by atoms with Crippen molar-refractivity contribution in [2.24, 2.45) is 0 Å². The van der Waals surface area contributed by atoms with Crippen LogP contribution in [0, 0.1) is 0 Å². The molecule has 2 fully saturated rings. The molecular weight excluding hydrogens is 336 g/mol. The predicted molar refractivity (Wildman–Crippen MR) is 110 cm³/mol. The van der Waals surface area contributed by atoms with Crippen LogP contribution < -0.4 is 10.4 Å². The highest BCUT2D eigenvalue weighted by atomic mass is 28.4. The molecule has 2 nitrogen and oxygen atoms in total. The van der Waals surface area contributed by atoms with Crippen LogP contribution in [0.15, 0.2) is 60.7 Å². The molecule has 1 spiro atoms. The molecule has 0 bridgehead atoms. The summed E-state index contributed by atoms with van der Waals surface area (Å²) in [7, 11) is -2.40. The van der Waals surface area contributed by atoms with Crippen molar-refractivity contribution >= 4 is 18.7 Å². The van der Waals surface area contributed by atoms with Gasteiger partial charge in [-0.05, 0) is 41.1 Å². The van der Waals surface area contributed by atoms with E-state index in [1.807, 2.05) is 0 Å². The first-order valence-electron chi connectivity index (χ1n) is 9.88. The molecule has 1 heterocycles. The van der Waals surface area contributed by atoms with Gasteiger partial charge in [0, 0.05) is 6.10 Å². The summed E-state index contributed by atoms with van der Waals surface area (Å²) in [4.78, 5) is 0. The molecule has 0 unspecified atom stereocenters. The van der Waals surface area contributed by atoms with Gasteiger partial charge in [0.15, 0.2) is 0 Å². The number of hydrogen-bond donors (Lipinski definition) is 0. The van der Waals surface area contributed by atoms with Crippen LogP contribution in [0.4, 0.5) is 0 Å². The first-order chi connectivity index (χ1) is 12.5. The molecule has 0 radical (unpaired) electrons. The van der Waals surface area contributed by atoms with E-state index >= 15 is 0 Å². The largest absolute Gasteiger partial charge is 0.404 e. The lowest BCUT2D eigenvalue weighted by atomic mass is 9.88. The van der Waals surface area contributed by atoms with E-state index in [1.165, 1.54) is 10.4 Å². The Balaban J connectivity index is 1.75. The minimum atomic E-state index is -2.40. The minimum absolute atomic E-state index is 0.0565. The lowest BCUT2D eigenvalue weighted by Crippen LogP contribution is -2.67. The SMILES string of the molecule is CC(C)(C)[Si](O[C@H]1CC[C@@]2(CC1)CO2)(c1ccccc1)c1ccccc1. The van der Waals surface area contributed by atoms with Gasteiger partial charge in [-0.1, -0.05) is 81.4 Å². The summed E-state index contributed by atoms with van der Waals surface area (Å²) in [5, 5.41) is 2.81. The van der Waals surface area contributed by atoms with Crippen LogP contribution in [0.5, 0.6) is 0 Å². The summed E-state index contributed by atoms with van der Waals surface area (Å²) in [6, 6.07) is 21.9. The molecule has 3 heteroatoms. The molecule has 2 aromatic rings. The van der Waals surface area contributed by atoms with Gasteiger partial charge in [0.05, 0.1) is 12.2 Å². The molecule has 1 aliphatic heterocycles. The second-order valence-corrected chi connectivity index (χ2v) is 13.2. The fraction of sp³-hybridized carbons (Fsp3) is 0.478. The van der Waals surface area contributed by atoms with Crippen molar-refractivity contribution in [3.8, 4) is 0 Å². The number of benzene rings is 2. The summed E-state index contributed by atoms with van der Waals surface area (Å²) >= 11 is 0. The highest BCUT2D eigenvalue weighted by Gasteiger charge is 2.53. The first-order valence-corrected chi connectivity index (χ1v) is 11.8. The molecule has 26 heavy (non-hydrogen) atoms. The van der Waals surface area contributed by atoms with Crippen molar-refractivity contribution in [2.75, 3.05) is 6.61 Å². The van der Waals surface area contributed by atoms with Gasteiger partial charge in [0.2, 0.25) is 0 Å². The Hall–Kier alpha value is -1.42. The van der Waals surface area contributed by atoms with Crippen LogP contribution in [0.1, 0.15) is 46.5 Å². The lowest BCUT2D eigenvalue weighted by Gasteiger charge is -2.46. The van der Waals surface area contributed by atoms with Crippen LogP contribution in [0.3, 0.4) is 0 Å². The van der Waals surface area contributed by atoms with Crippen molar-refractivity contribution in [1.82, 2.24) is 0 Å². The van der Waals surface area contributed by atoms with Crippen LogP contribution in [-0.2, 0) is 9.16 Å². The monoisotopic (exact) mass is 366 g/mol. The van der Waals surface area contributed by atoms with Gasteiger partial charge in [0.25, 0.3) is 8.32 Å². The van der Waals surface area contributed by atoms with Gasteiger partial charge >= 0.3 is 0 Å². The zero-order valence-electron chi connectivity index (χ0n) is 16.2. The lowest BCUT2D eigenvalue weighted by molar-refractivity contribution is 0.103. The Bertz CT molecular complexity index is 682. The summed E-state index contributed by atoms with van der Waals surface area (Å²) in [5.74, 6) is 0. The molecule has 0 N–H and O–H groups in total. The average molecular weight is 367 g/mol. The second kappa shape index (κ2) is 6.63. The second-order valence-electron chi connectivity index (χ2n) is 8.95. The van der Waals surface area contributed by atoms with Gasteiger partial charge in [-0.3, -0.25) is 0 Å². The molecule has 1 saturated heterocycles. The van der Waals surface area contributed by atoms with E-state index in [0.717, 1.165) is 32.3 Å². The number of epoxide rings is 1. The summed E-state index contributed by atoms with van der Waals surface area (Å²) in [6.07, 6.45) is 4.86. The average Bonchev–Trinajstić information content (AvgIpc) is 3.41. The topological polar surface area (TPSA) is 21.8 Å². The Labute approximate surface area is 158 Å². The zero-order chi connectivity index (χ0) is 18.3. The van der Waals surface area contributed by atoms with Crippen molar-refractivity contribution in [1.29, 1.82) is 0 Å². The van der Waals surface area contributed by atoms with Gasteiger partial charge < -0.3 is 9.16 Å². The van der Waals surface area contributed by atoms with E-state index in [4.69, 9.17) is 9.16 Å². The Morgan fingerprint density at radius 2 is 1.35 bits per heavy atom. The zero-order valence-corrected chi connectivity index (χ0v) is 17.2. The maximum atomic E-state index is 7.22. The molecule has 0 atom stereocenters. The van der Waals surface area contributed by atoms with Crippen molar-refractivity contribution in [3.05, 3.63) is 60.7 Å².